The summed E-state index contributed by atoms with van der Waals surface area (Å²) < 4.78 is 8.60. The number of hydrogen-bond acceptors (Lipinski definition) is 5. The quantitative estimate of drug-likeness (QED) is 0.488. The van der Waals surface area contributed by atoms with E-state index in [0.29, 0.717) is 17.1 Å². The van der Waals surface area contributed by atoms with E-state index in [1.165, 1.54) is 28.9 Å². The Hall–Kier alpha value is -3.88. The fourth-order valence-corrected chi connectivity index (χ4v) is 2.84. The Kier molecular flexibility index (Phi) is 5.77. The summed E-state index contributed by atoms with van der Waals surface area (Å²) in [6.45, 7) is 1.83. The zero-order valence-corrected chi connectivity index (χ0v) is 16.0. The highest BCUT2D eigenvalue weighted by atomic mass is 16.6. The first-order valence-corrected chi connectivity index (χ1v) is 8.89. The van der Waals surface area contributed by atoms with Crippen LogP contribution in [0.3, 0.4) is 0 Å². The second-order valence-corrected chi connectivity index (χ2v) is 6.33. The van der Waals surface area contributed by atoms with E-state index in [2.05, 4.69) is 5.32 Å². The highest BCUT2D eigenvalue weighted by Crippen LogP contribution is 2.18. The zero-order chi connectivity index (χ0) is 21.0. The molecule has 0 spiro atoms. The predicted molar refractivity (Wildman–Crippen MR) is 108 cm³/mol. The van der Waals surface area contributed by atoms with Gasteiger partial charge in [0.1, 0.15) is 11.4 Å². The minimum absolute atomic E-state index is 0.0239. The van der Waals surface area contributed by atoms with Gasteiger partial charge in [-0.15, -0.1) is 0 Å². The van der Waals surface area contributed by atoms with Gasteiger partial charge in [0.25, 0.3) is 11.2 Å². The van der Waals surface area contributed by atoms with Gasteiger partial charge in [-0.3, -0.25) is 24.4 Å². The molecule has 1 heterocycles. The third-order valence-corrected chi connectivity index (χ3v) is 4.46. The summed E-state index contributed by atoms with van der Waals surface area (Å²) in [5.41, 5.74) is 1.19. The molecule has 1 N–H and O–H groups in total. The first-order valence-electron chi connectivity index (χ1n) is 8.89. The van der Waals surface area contributed by atoms with Crippen LogP contribution in [0.2, 0.25) is 0 Å². The Morgan fingerprint density at radius 2 is 1.79 bits per heavy atom. The van der Waals surface area contributed by atoms with E-state index < -0.39 is 4.92 Å². The van der Waals surface area contributed by atoms with Gasteiger partial charge in [0.2, 0.25) is 5.91 Å². The van der Waals surface area contributed by atoms with Crippen molar-refractivity contribution in [2.24, 2.45) is 7.05 Å². The molecular formula is C20H20N4O5. The fourth-order valence-electron chi connectivity index (χ4n) is 2.84. The van der Waals surface area contributed by atoms with Gasteiger partial charge >= 0.3 is 0 Å². The molecule has 0 unspecified atom stereocenters. The molecule has 9 heteroatoms. The smallest absolute Gasteiger partial charge is 0.295 e. The molecule has 0 saturated carbocycles. The summed E-state index contributed by atoms with van der Waals surface area (Å²) in [6, 6.07) is 14.7. The second kappa shape index (κ2) is 8.42. The fraction of sp³-hybridized carbons (Fsp3) is 0.200. The number of rotatable bonds is 7. The summed E-state index contributed by atoms with van der Waals surface area (Å²) in [5, 5.41) is 13.3. The third-order valence-electron chi connectivity index (χ3n) is 4.46. The van der Waals surface area contributed by atoms with Gasteiger partial charge in [0.15, 0.2) is 0 Å². The molecule has 9 nitrogen and oxygen atoms in total. The van der Waals surface area contributed by atoms with Gasteiger partial charge in [-0.25, -0.2) is 4.68 Å². The van der Waals surface area contributed by atoms with E-state index in [9.17, 15) is 19.7 Å². The molecule has 1 aromatic heterocycles. The van der Waals surface area contributed by atoms with Gasteiger partial charge in [-0.1, -0.05) is 18.2 Å². The largest absolute Gasteiger partial charge is 0.493 e. The Balaban J connectivity index is 1.64. The molecule has 1 amide bonds. The number of nitro benzene ring substituents is 1. The lowest BCUT2D eigenvalue weighted by molar-refractivity contribution is -0.384. The summed E-state index contributed by atoms with van der Waals surface area (Å²) in [4.78, 5) is 35.2. The number of carbonyl (C=O) groups excluding carboxylic acids is 1. The minimum atomic E-state index is -0.498. The molecule has 150 valence electrons. The Morgan fingerprint density at radius 3 is 2.41 bits per heavy atom. The number of anilines is 1. The van der Waals surface area contributed by atoms with Crippen molar-refractivity contribution in [3.63, 3.8) is 0 Å². The topological polar surface area (TPSA) is 108 Å². The van der Waals surface area contributed by atoms with Crippen molar-refractivity contribution in [3.05, 3.63) is 80.8 Å². The molecule has 0 bridgehead atoms. The molecule has 0 saturated heterocycles. The van der Waals surface area contributed by atoms with E-state index >= 15 is 0 Å². The molecular weight excluding hydrogens is 376 g/mol. The predicted octanol–water partition coefficient (Wildman–Crippen LogP) is 2.80. The van der Waals surface area contributed by atoms with Crippen LogP contribution in [0.25, 0.3) is 5.69 Å². The number of benzene rings is 2. The van der Waals surface area contributed by atoms with Crippen molar-refractivity contribution in [2.75, 3.05) is 11.9 Å². The lowest BCUT2D eigenvalue weighted by Gasteiger charge is -2.07. The van der Waals surface area contributed by atoms with Gasteiger partial charge in [0.05, 0.1) is 29.3 Å². The Labute approximate surface area is 166 Å². The highest BCUT2D eigenvalue weighted by molar-refractivity contribution is 5.91. The molecule has 2 aromatic carbocycles. The van der Waals surface area contributed by atoms with Crippen molar-refractivity contribution in [1.82, 2.24) is 9.36 Å². The standard InChI is InChI=1S/C20H20N4O5/c1-14-19(20(26)23(22(14)2)15-6-4-3-5-7-15)21-18(25)12-13-29-17-10-8-16(9-11-17)24(27)28/h3-11H,12-13H2,1-2H3,(H,21,25). The molecule has 3 aromatic rings. The van der Waals surface area contributed by atoms with Crippen molar-refractivity contribution in [1.29, 1.82) is 0 Å². The maximum atomic E-state index is 12.8. The molecule has 0 aliphatic heterocycles. The van der Waals surface area contributed by atoms with Crippen LogP contribution < -0.4 is 15.6 Å². The van der Waals surface area contributed by atoms with Crippen molar-refractivity contribution in [3.8, 4) is 11.4 Å². The third kappa shape index (κ3) is 4.34. The monoisotopic (exact) mass is 396 g/mol. The lowest BCUT2D eigenvalue weighted by atomic mass is 10.3. The number of nitrogens with zero attached hydrogens (tertiary/aromatic N) is 3. The molecule has 0 radical (unpaired) electrons. The SMILES string of the molecule is Cc1c(NC(=O)CCOc2ccc([N+](=O)[O-])cc2)c(=O)n(-c2ccccc2)n1C. The molecule has 3 rings (SSSR count). The minimum Gasteiger partial charge on any atom is -0.493 e. The van der Waals surface area contributed by atoms with Crippen molar-refractivity contribution >= 4 is 17.3 Å². The van der Waals surface area contributed by atoms with E-state index in [1.807, 2.05) is 30.3 Å². The van der Waals surface area contributed by atoms with Crippen LogP contribution in [0, 0.1) is 17.0 Å². The van der Waals surface area contributed by atoms with E-state index in [1.54, 1.807) is 18.7 Å². The number of amides is 1. The van der Waals surface area contributed by atoms with Crippen LogP contribution in [0.1, 0.15) is 12.1 Å². The summed E-state index contributed by atoms with van der Waals surface area (Å²) in [7, 11) is 1.75. The second-order valence-electron chi connectivity index (χ2n) is 6.33. The average molecular weight is 396 g/mol. The van der Waals surface area contributed by atoms with Gasteiger partial charge in [-0.2, -0.15) is 0 Å². The number of hydrogen-bond donors (Lipinski definition) is 1. The first kappa shape index (κ1) is 19.9. The molecule has 0 fully saturated rings. The Bertz CT molecular complexity index is 1080. The van der Waals surface area contributed by atoms with Gasteiger partial charge in [0, 0.05) is 19.2 Å². The van der Waals surface area contributed by atoms with Crippen molar-refractivity contribution in [2.45, 2.75) is 13.3 Å². The maximum Gasteiger partial charge on any atom is 0.295 e. The maximum absolute atomic E-state index is 12.8. The zero-order valence-electron chi connectivity index (χ0n) is 16.0. The average Bonchev–Trinajstić information content (AvgIpc) is 2.92. The number of ether oxygens (including phenoxy) is 1. The summed E-state index contributed by atoms with van der Waals surface area (Å²) in [5.74, 6) is 0.0589. The number of para-hydroxylation sites is 1. The van der Waals surface area contributed by atoms with E-state index in [-0.39, 0.29) is 35.9 Å². The van der Waals surface area contributed by atoms with Crippen LogP contribution in [-0.2, 0) is 11.8 Å². The Morgan fingerprint density at radius 1 is 1.14 bits per heavy atom. The van der Waals surface area contributed by atoms with Gasteiger partial charge in [-0.05, 0) is 31.2 Å². The van der Waals surface area contributed by atoms with Crippen LogP contribution in [0.4, 0.5) is 11.4 Å². The van der Waals surface area contributed by atoms with Crippen LogP contribution in [0.5, 0.6) is 5.75 Å². The summed E-state index contributed by atoms with van der Waals surface area (Å²) >= 11 is 0. The normalized spacial score (nSPS) is 10.6. The summed E-state index contributed by atoms with van der Waals surface area (Å²) in [6.07, 6.45) is 0.0239. The van der Waals surface area contributed by atoms with Crippen LogP contribution >= 0.6 is 0 Å². The number of aromatic nitrogens is 2. The molecule has 29 heavy (non-hydrogen) atoms. The number of nitrogens with one attached hydrogen (secondary N) is 1. The van der Waals surface area contributed by atoms with Gasteiger partial charge < -0.3 is 10.1 Å². The lowest BCUT2D eigenvalue weighted by Crippen LogP contribution is -2.23. The highest BCUT2D eigenvalue weighted by Gasteiger charge is 2.18. The van der Waals surface area contributed by atoms with Crippen LogP contribution in [0.15, 0.2) is 59.4 Å². The van der Waals surface area contributed by atoms with Crippen molar-refractivity contribution < 1.29 is 14.5 Å². The first-order chi connectivity index (χ1) is 13.9. The van der Waals surface area contributed by atoms with E-state index in [0.717, 1.165) is 0 Å². The van der Waals surface area contributed by atoms with Crippen LogP contribution in [-0.4, -0.2) is 26.8 Å². The number of non-ortho nitro benzene ring substituents is 1. The molecule has 0 aliphatic rings. The van der Waals surface area contributed by atoms with E-state index in [4.69, 9.17) is 4.74 Å². The number of carbonyl (C=O) groups is 1. The molecule has 0 aliphatic carbocycles. The molecule has 0 atom stereocenters. The number of nitro groups is 1.